The SMILES string of the molecule is C=C[C@@]1(C)CC(=O)[C@@]2(O)[C@](C)(O1)[C@@H](OC(=O)CN1CCC(O)(c3ccccc3)CC1)C=C1C(C)(C)CC[C@H](O)[C@@]12C.Cl.O. The topological polar surface area (TPSA) is 148 Å². The number of hydrogen-bond donors (Lipinski definition) is 3. The second-order valence-corrected chi connectivity index (χ2v) is 13.8. The number of fused-ring (bicyclic) bond motifs is 3. The molecule has 0 bridgehead atoms. The maximum Gasteiger partial charge on any atom is 0.320 e. The van der Waals surface area contributed by atoms with Crippen LogP contribution in [-0.4, -0.2) is 86.1 Å². The molecule has 5 N–H and O–H groups in total. The summed E-state index contributed by atoms with van der Waals surface area (Å²) in [5.41, 5.74) is -6.07. The number of carbonyl (C=O) groups excluding carboxylic acids is 2. The Labute approximate surface area is 260 Å². The minimum absolute atomic E-state index is 0. The molecule has 2 aliphatic carbocycles. The lowest BCUT2D eigenvalue weighted by Gasteiger charge is -2.66. The molecule has 5 rings (SSSR count). The van der Waals surface area contributed by atoms with Crippen LogP contribution in [0.5, 0.6) is 0 Å². The van der Waals surface area contributed by atoms with E-state index in [-0.39, 0.29) is 30.8 Å². The number of benzene rings is 1. The summed E-state index contributed by atoms with van der Waals surface area (Å²) in [6.45, 7) is 14.0. The number of piperidine rings is 1. The Balaban J connectivity index is 0.00000253. The minimum Gasteiger partial charge on any atom is -0.454 e. The molecule has 1 aromatic rings. The molecule has 43 heavy (non-hydrogen) atoms. The van der Waals surface area contributed by atoms with Crippen molar-refractivity contribution in [1.29, 1.82) is 0 Å². The Morgan fingerprint density at radius 3 is 2.28 bits per heavy atom. The lowest BCUT2D eigenvalue weighted by Crippen LogP contribution is -2.81. The van der Waals surface area contributed by atoms with E-state index >= 15 is 0 Å². The van der Waals surface area contributed by atoms with E-state index < -0.39 is 57.2 Å². The Bertz CT molecular complexity index is 1260. The number of ketones is 1. The number of halogens is 1. The van der Waals surface area contributed by atoms with Gasteiger partial charge in [-0.25, -0.2) is 0 Å². The number of esters is 1. The Kier molecular flexibility index (Phi) is 9.60. The molecule has 4 aliphatic rings. The number of aliphatic hydroxyl groups is 3. The molecule has 9 nitrogen and oxygen atoms in total. The van der Waals surface area contributed by atoms with Gasteiger partial charge in [0.15, 0.2) is 17.5 Å². The number of carbonyl (C=O) groups is 2. The van der Waals surface area contributed by atoms with Gasteiger partial charge in [-0.3, -0.25) is 14.5 Å². The molecule has 0 amide bonds. The molecular weight excluding hydrogens is 574 g/mol. The zero-order valence-electron chi connectivity index (χ0n) is 25.9. The van der Waals surface area contributed by atoms with E-state index in [1.54, 1.807) is 32.9 Å². The highest BCUT2D eigenvalue weighted by Crippen LogP contribution is 2.64. The molecule has 0 radical (unpaired) electrons. The monoisotopic (exact) mass is 621 g/mol. The molecule has 2 aliphatic heterocycles. The van der Waals surface area contributed by atoms with Crippen molar-refractivity contribution in [2.75, 3.05) is 19.6 Å². The van der Waals surface area contributed by atoms with Gasteiger partial charge in [-0.05, 0) is 63.5 Å². The van der Waals surface area contributed by atoms with Gasteiger partial charge in [-0.2, -0.15) is 0 Å². The summed E-state index contributed by atoms with van der Waals surface area (Å²) in [5, 5.41) is 35.1. The number of hydrogen-bond acceptors (Lipinski definition) is 8. The largest absolute Gasteiger partial charge is 0.454 e. The minimum atomic E-state index is -2.15. The summed E-state index contributed by atoms with van der Waals surface area (Å²) in [4.78, 5) is 29.4. The smallest absolute Gasteiger partial charge is 0.320 e. The van der Waals surface area contributed by atoms with Crippen molar-refractivity contribution in [2.24, 2.45) is 10.8 Å². The molecule has 6 atom stereocenters. The maximum absolute atomic E-state index is 14.0. The van der Waals surface area contributed by atoms with Gasteiger partial charge in [0.05, 0.1) is 29.3 Å². The zero-order chi connectivity index (χ0) is 30.1. The first-order valence-electron chi connectivity index (χ1n) is 14.7. The van der Waals surface area contributed by atoms with E-state index in [2.05, 4.69) is 6.58 Å². The molecule has 240 valence electrons. The van der Waals surface area contributed by atoms with Gasteiger partial charge in [-0.15, -0.1) is 19.0 Å². The zero-order valence-corrected chi connectivity index (χ0v) is 26.7. The Morgan fingerprint density at radius 1 is 1.09 bits per heavy atom. The van der Waals surface area contributed by atoms with Crippen molar-refractivity contribution in [3.8, 4) is 0 Å². The van der Waals surface area contributed by atoms with Crippen LogP contribution < -0.4 is 0 Å². The second-order valence-electron chi connectivity index (χ2n) is 13.8. The van der Waals surface area contributed by atoms with E-state index in [9.17, 15) is 24.9 Å². The number of rotatable bonds is 5. The predicted molar refractivity (Wildman–Crippen MR) is 165 cm³/mol. The second kappa shape index (κ2) is 11.7. The van der Waals surface area contributed by atoms with Crippen molar-refractivity contribution >= 4 is 24.2 Å². The highest BCUT2D eigenvalue weighted by Gasteiger charge is 2.76. The summed E-state index contributed by atoms with van der Waals surface area (Å²) in [6, 6.07) is 9.57. The first kappa shape index (κ1) is 35.4. The van der Waals surface area contributed by atoms with Crippen LogP contribution in [0.25, 0.3) is 0 Å². The van der Waals surface area contributed by atoms with Crippen LogP contribution in [0.4, 0.5) is 0 Å². The molecule has 0 spiro atoms. The molecule has 0 aromatic heterocycles. The molecule has 10 heteroatoms. The molecule has 0 unspecified atom stereocenters. The summed E-state index contributed by atoms with van der Waals surface area (Å²) in [6.07, 6.45) is 3.20. The number of ether oxygens (including phenoxy) is 2. The third kappa shape index (κ3) is 5.31. The van der Waals surface area contributed by atoms with Crippen LogP contribution in [0, 0.1) is 10.8 Å². The standard InChI is InChI=1S/C33H45NO7.ClH.H2O/c1-7-29(4)20-25(36)33(39)30(5)23(28(2,3)14-13-24(30)35)19-26(31(33,6)41-29)40-27(37)21-34-17-15-32(38,16-18-34)22-11-9-8-10-12-22;;/h7-12,19,24,26,35,38-39H,1,13-18,20-21H2,2-6H3;1H;1H2/t24-,26-,29-,30+,31+,33-;;/m0../s1. The van der Waals surface area contributed by atoms with Gasteiger partial charge >= 0.3 is 5.97 Å². The number of Topliss-reactive ketones (excluding diaryl/α,β-unsaturated/α-hetero) is 1. The van der Waals surface area contributed by atoms with Gasteiger partial charge < -0.3 is 30.3 Å². The maximum atomic E-state index is 14.0. The highest BCUT2D eigenvalue weighted by atomic mass is 35.5. The molecule has 1 aromatic carbocycles. The lowest BCUT2D eigenvalue weighted by molar-refractivity contribution is -0.305. The Morgan fingerprint density at radius 2 is 1.70 bits per heavy atom. The van der Waals surface area contributed by atoms with Crippen molar-refractivity contribution in [3.63, 3.8) is 0 Å². The van der Waals surface area contributed by atoms with Crippen LogP contribution in [0.1, 0.15) is 72.3 Å². The van der Waals surface area contributed by atoms with Crippen molar-refractivity contribution < 1.29 is 39.9 Å². The molecule has 1 saturated carbocycles. The normalized spacial score (nSPS) is 38.2. The van der Waals surface area contributed by atoms with Gasteiger partial charge in [0, 0.05) is 19.5 Å². The third-order valence-corrected chi connectivity index (χ3v) is 10.7. The lowest BCUT2D eigenvalue weighted by atomic mass is 9.44. The number of aliphatic hydroxyl groups excluding tert-OH is 1. The average Bonchev–Trinajstić information content (AvgIpc) is 2.92. The summed E-state index contributed by atoms with van der Waals surface area (Å²) >= 11 is 0. The Hall–Kier alpha value is -2.11. The van der Waals surface area contributed by atoms with E-state index in [0.717, 1.165) is 5.56 Å². The van der Waals surface area contributed by atoms with E-state index in [1.165, 1.54) is 0 Å². The number of nitrogens with zero attached hydrogens (tertiary/aromatic N) is 1. The van der Waals surface area contributed by atoms with Crippen LogP contribution >= 0.6 is 12.4 Å². The summed E-state index contributed by atoms with van der Waals surface area (Å²) in [5.74, 6) is -0.976. The average molecular weight is 622 g/mol. The van der Waals surface area contributed by atoms with Gasteiger partial charge in [-0.1, -0.05) is 55.8 Å². The quantitative estimate of drug-likeness (QED) is 0.336. The summed E-state index contributed by atoms with van der Waals surface area (Å²) in [7, 11) is 0. The fraction of sp³-hybridized carbons (Fsp3) is 0.636. The van der Waals surface area contributed by atoms with Crippen molar-refractivity contribution in [3.05, 3.63) is 60.2 Å². The van der Waals surface area contributed by atoms with Crippen LogP contribution in [0.3, 0.4) is 0 Å². The van der Waals surface area contributed by atoms with Crippen LogP contribution in [0.15, 0.2) is 54.6 Å². The highest BCUT2D eigenvalue weighted by molar-refractivity contribution is 5.93. The van der Waals surface area contributed by atoms with Crippen molar-refractivity contribution in [2.45, 2.75) is 101 Å². The van der Waals surface area contributed by atoms with Crippen LogP contribution in [0.2, 0.25) is 0 Å². The molecule has 3 fully saturated rings. The fourth-order valence-corrected chi connectivity index (χ4v) is 8.08. The number of likely N-dealkylation sites (tertiary alicyclic amines) is 1. The van der Waals surface area contributed by atoms with Gasteiger partial charge in [0.2, 0.25) is 0 Å². The van der Waals surface area contributed by atoms with E-state index in [4.69, 9.17) is 9.47 Å². The molecular formula is C33H48ClNO8. The van der Waals surface area contributed by atoms with Gasteiger partial charge in [0.25, 0.3) is 0 Å². The van der Waals surface area contributed by atoms with Crippen LogP contribution in [-0.2, 0) is 24.7 Å². The van der Waals surface area contributed by atoms with Gasteiger partial charge in [0.1, 0.15) is 5.60 Å². The first-order valence-corrected chi connectivity index (χ1v) is 14.7. The third-order valence-electron chi connectivity index (χ3n) is 10.7. The van der Waals surface area contributed by atoms with Crippen molar-refractivity contribution in [1.82, 2.24) is 4.90 Å². The van der Waals surface area contributed by atoms with E-state index in [0.29, 0.717) is 44.3 Å². The van der Waals surface area contributed by atoms with E-state index in [1.807, 2.05) is 49.1 Å². The molecule has 2 heterocycles. The molecule has 2 saturated heterocycles. The predicted octanol–water partition coefficient (Wildman–Crippen LogP) is 3.03. The first-order chi connectivity index (χ1) is 19.0. The summed E-state index contributed by atoms with van der Waals surface area (Å²) < 4.78 is 12.6. The fourth-order valence-electron chi connectivity index (χ4n) is 8.08.